The van der Waals surface area contributed by atoms with E-state index < -0.39 is 0 Å². The van der Waals surface area contributed by atoms with Crippen LogP contribution in [0.25, 0.3) is 0 Å². The molecule has 0 bridgehead atoms. The predicted molar refractivity (Wildman–Crippen MR) is 45.6 cm³/mol. The highest BCUT2D eigenvalue weighted by Gasteiger charge is 2.15. The van der Waals surface area contributed by atoms with Crippen molar-refractivity contribution in [1.29, 1.82) is 0 Å². The molecule has 0 aromatic carbocycles. The molecule has 4 heteroatoms. The highest BCUT2D eigenvalue weighted by atomic mass is 15.4. The molecule has 1 aliphatic rings. The lowest BCUT2D eigenvalue weighted by Crippen LogP contribution is -2.34. The summed E-state index contributed by atoms with van der Waals surface area (Å²) in [4.78, 5) is 6.62. The fraction of sp³-hybridized carbons (Fsp3) is 0.750. The van der Waals surface area contributed by atoms with Crippen molar-refractivity contribution in [1.82, 2.24) is 19.7 Å². The molecule has 0 radical (unpaired) electrons. The van der Waals surface area contributed by atoms with Crippen molar-refractivity contribution in [3.63, 3.8) is 0 Å². The topological polar surface area (TPSA) is 34.0 Å². The molecule has 1 aromatic heterocycles. The third kappa shape index (κ3) is 1.34. The molecule has 0 spiro atoms. The Balaban J connectivity index is 2.05. The number of hydrogen-bond donors (Lipinski definition) is 0. The molecular weight excluding hydrogens is 152 g/mol. The number of nitrogens with zero attached hydrogens (tertiary/aromatic N) is 4. The van der Waals surface area contributed by atoms with Crippen molar-refractivity contribution in [2.75, 3.05) is 13.1 Å². The van der Waals surface area contributed by atoms with Crippen LogP contribution in [0, 0.1) is 0 Å². The monoisotopic (exact) mass is 166 g/mol. The van der Waals surface area contributed by atoms with Crippen LogP contribution in [-0.2, 0) is 13.1 Å². The summed E-state index contributed by atoms with van der Waals surface area (Å²) in [5.41, 5.74) is 0. The van der Waals surface area contributed by atoms with Gasteiger partial charge in [-0.3, -0.25) is 4.90 Å². The van der Waals surface area contributed by atoms with E-state index in [-0.39, 0.29) is 0 Å². The Morgan fingerprint density at radius 1 is 1.50 bits per heavy atom. The van der Waals surface area contributed by atoms with Crippen LogP contribution < -0.4 is 0 Å². The molecule has 4 nitrogen and oxygen atoms in total. The van der Waals surface area contributed by atoms with E-state index in [0.717, 1.165) is 25.5 Å². The molecule has 2 heterocycles. The quantitative estimate of drug-likeness (QED) is 0.641. The molecule has 0 saturated carbocycles. The second-order valence-corrected chi connectivity index (χ2v) is 3.18. The maximum Gasteiger partial charge on any atom is 0.141 e. The van der Waals surface area contributed by atoms with Gasteiger partial charge in [0.05, 0.1) is 13.1 Å². The SMILES string of the molecule is CCCN1CCn2ncnc2C1. The zero-order valence-electron chi connectivity index (χ0n) is 7.40. The van der Waals surface area contributed by atoms with Crippen molar-refractivity contribution >= 4 is 0 Å². The van der Waals surface area contributed by atoms with Crippen LogP contribution in [0.2, 0.25) is 0 Å². The first-order valence-electron chi connectivity index (χ1n) is 4.49. The molecule has 2 rings (SSSR count). The first-order valence-corrected chi connectivity index (χ1v) is 4.49. The number of rotatable bonds is 2. The van der Waals surface area contributed by atoms with Gasteiger partial charge in [0.25, 0.3) is 0 Å². The maximum atomic E-state index is 4.20. The largest absolute Gasteiger partial charge is 0.294 e. The molecule has 0 fully saturated rings. The van der Waals surface area contributed by atoms with Crippen molar-refractivity contribution in [2.24, 2.45) is 0 Å². The van der Waals surface area contributed by atoms with Gasteiger partial charge < -0.3 is 0 Å². The summed E-state index contributed by atoms with van der Waals surface area (Å²) >= 11 is 0. The Morgan fingerprint density at radius 2 is 2.42 bits per heavy atom. The molecule has 66 valence electrons. The van der Waals surface area contributed by atoms with Gasteiger partial charge in [-0.25, -0.2) is 9.67 Å². The van der Waals surface area contributed by atoms with E-state index in [0.29, 0.717) is 0 Å². The summed E-state index contributed by atoms with van der Waals surface area (Å²) in [6, 6.07) is 0. The second-order valence-electron chi connectivity index (χ2n) is 3.18. The standard InChI is InChI=1S/C8H14N4/c1-2-3-11-4-5-12-8(6-11)9-7-10-12/h7H,2-6H2,1H3. The van der Waals surface area contributed by atoms with Crippen molar-refractivity contribution < 1.29 is 0 Å². The fourth-order valence-electron chi connectivity index (χ4n) is 1.62. The van der Waals surface area contributed by atoms with E-state index in [9.17, 15) is 0 Å². The van der Waals surface area contributed by atoms with Crippen LogP contribution in [0.4, 0.5) is 0 Å². The normalized spacial score (nSPS) is 17.8. The lowest BCUT2D eigenvalue weighted by Gasteiger charge is -2.25. The average molecular weight is 166 g/mol. The molecule has 12 heavy (non-hydrogen) atoms. The summed E-state index contributed by atoms with van der Waals surface area (Å²) in [6.45, 7) is 6.46. The van der Waals surface area contributed by atoms with Crippen LogP contribution in [-0.4, -0.2) is 32.8 Å². The first-order chi connectivity index (χ1) is 5.90. The fourth-order valence-corrected chi connectivity index (χ4v) is 1.62. The lowest BCUT2D eigenvalue weighted by atomic mass is 10.3. The Hall–Kier alpha value is -0.900. The minimum Gasteiger partial charge on any atom is -0.294 e. The summed E-state index contributed by atoms with van der Waals surface area (Å²) < 4.78 is 1.99. The van der Waals surface area contributed by atoms with Gasteiger partial charge in [-0.1, -0.05) is 6.92 Å². The Bertz CT molecular complexity index is 255. The van der Waals surface area contributed by atoms with Gasteiger partial charge in [0.1, 0.15) is 12.2 Å². The second kappa shape index (κ2) is 3.23. The maximum absolute atomic E-state index is 4.20. The zero-order chi connectivity index (χ0) is 8.39. The molecule has 0 amide bonds. The zero-order valence-corrected chi connectivity index (χ0v) is 7.40. The smallest absolute Gasteiger partial charge is 0.141 e. The summed E-state index contributed by atoms with van der Waals surface area (Å²) in [6.07, 6.45) is 2.86. The number of hydrogen-bond acceptors (Lipinski definition) is 3. The van der Waals surface area contributed by atoms with Crippen LogP contribution in [0.5, 0.6) is 0 Å². The van der Waals surface area contributed by atoms with Gasteiger partial charge >= 0.3 is 0 Å². The third-order valence-electron chi connectivity index (χ3n) is 2.23. The Kier molecular flexibility index (Phi) is 2.08. The summed E-state index contributed by atoms with van der Waals surface area (Å²) in [5.74, 6) is 1.11. The van der Waals surface area contributed by atoms with Gasteiger partial charge in [-0.2, -0.15) is 5.10 Å². The molecule has 1 aromatic rings. The third-order valence-corrected chi connectivity index (χ3v) is 2.23. The predicted octanol–water partition coefficient (Wildman–Crippen LogP) is 0.504. The van der Waals surface area contributed by atoms with Gasteiger partial charge in [0.15, 0.2) is 0 Å². The van der Waals surface area contributed by atoms with Gasteiger partial charge in [0, 0.05) is 6.54 Å². The molecule has 1 aliphatic heterocycles. The summed E-state index contributed by atoms with van der Waals surface area (Å²) in [7, 11) is 0. The van der Waals surface area contributed by atoms with E-state index in [4.69, 9.17) is 0 Å². The van der Waals surface area contributed by atoms with Crippen LogP contribution in [0.3, 0.4) is 0 Å². The van der Waals surface area contributed by atoms with Crippen molar-refractivity contribution in [3.8, 4) is 0 Å². The van der Waals surface area contributed by atoms with Crippen molar-refractivity contribution in [3.05, 3.63) is 12.2 Å². The van der Waals surface area contributed by atoms with E-state index >= 15 is 0 Å². The van der Waals surface area contributed by atoms with E-state index in [1.807, 2.05) is 4.68 Å². The molecular formula is C8H14N4. The molecule has 0 N–H and O–H groups in total. The highest BCUT2D eigenvalue weighted by molar-refractivity contribution is 4.88. The Labute approximate surface area is 72.2 Å². The van der Waals surface area contributed by atoms with Gasteiger partial charge in [-0.05, 0) is 13.0 Å². The molecule has 0 unspecified atom stereocenters. The van der Waals surface area contributed by atoms with Gasteiger partial charge in [0.2, 0.25) is 0 Å². The minimum absolute atomic E-state index is 0.966. The number of fused-ring (bicyclic) bond motifs is 1. The molecule has 0 atom stereocenters. The van der Waals surface area contributed by atoms with Crippen molar-refractivity contribution in [2.45, 2.75) is 26.4 Å². The van der Waals surface area contributed by atoms with E-state index in [1.54, 1.807) is 6.33 Å². The number of aromatic nitrogens is 3. The average Bonchev–Trinajstić information content (AvgIpc) is 2.51. The summed E-state index contributed by atoms with van der Waals surface area (Å²) in [5, 5.41) is 4.13. The van der Waals surface area contributed by atoms with E-state index in [2.05, 4.69) is 21.9 Å². The Morgan fingerprint density at radius 3 is 3.25 bits per heavy atom. The van der Waals surface area contributed by atoms with Crippen LogP contribution >= 0.6 is 0 Å². The van der Waals surface area contributed by atoms with Crippen LogP contribution in [0.1, 0.15) is 19.2 Å². The highest BCUT2D eigenvalue weighted by Crippen LogP contribution is 2.07. The van der Waals surface area contributed by atoms with E-state index in [1.165, 1.54) is 13.0 Å². The molecule has 0 aliphatic carbocycles. The van der Waals surface area contributed by atoms with Crippen LogP contribution in [0.15, 0.2) is 6.33 Å². The minimum atomic E-state index is 0.966. The van der Waals surface area contributed by atoms with Gasteiger partial charge in [-0.15, -0.1) is 0 Å². The first kappa shape index (κ1) is 7.73. The molecule has 0 saturated heterocycles. The lowest BCUT2D eigenvalue weighted by molar-refractivity contribution is 0.210.